The molecule has 0 spiro atoms. The van der Waals surface area contributed by atoms with Crippen LogP contribution in [0.3, 0.4) is 0 Å². The molecule has 1 heterocycles. The standard InChI is InChI=1S/C12H21N3O2S/c1-4-5-6-10-15(3)18(16,17)12-11(13-2)8-7-9-14-12/h7-9,13H,4-6,10H2,1-3H3. The molecular weight excluding hydrogens is 250 g/mol. The molecule has 0 aliphatic rings. The first-order chi connectivity index (χ1) is 8.54. The van der Waals surface area contributed by atoms with Crippen LogP contribution in [0.15, 0.2) is 23.4 Å². The first kappa shape index (κ1) is 14.9. The van der Waals surface area contributed by atoms with Gasteiger partial charge in [0.2, 0.25) is 0 Å². The third kappa shape index (κ3) is 3.43. The van der Waals surface area contributed by atoms with Gasteiger partial charge in [-0.05, 0) is 18.6 Å². The molecule has 1 rings (SSSR count). The Morgan fingerprint density at radius 3 is 2.72 bits per heavy atom. The van der Waals surface area contributed by atoms with Crippen LogP contribution in [0, 0.1) is 0 Å². The second-order valence-electron chi connectivity index (χ2n) is 4.14. The summed E-state index contributed by atoms with van der Waals surface area (Å²) in [6.07, 6.45) is 4.46. The first-order valence-corrected chi connectivity index (χ1v) is 7.57. The Balaban J connectivity index is 2.91. The Bertz CT molecular complexity index is 474. The maximum atomic E-state index is 12.3. The Hall–Kier alpha value is -1.14. The molecule has 0 aliphatic heterocycles. The van der Waals surface area contributed by atoms with Crippen molar-refractivity contribution >= 4 is 15.7 Å². The van der Waals surface area contributed by atoms with Gasteiger partial charge < -0.3 is 5.32 Å². The third-order valence-corrected chi connectivity index (χ3v) is 4.59. The molecule has 0 fully saturated rings. The lowest BCUT2D eigenvalue weighted by Crippen LogP contribution is -2.29. The van der Waals surface area contributed by atoms with Crippen LogP contribution in [0.1, 0.15) is 26.2 Å². The van der Waals surface area contributed by atoms with E-state index in [1.165, 1.54) is 10.5 Å². The summed E-state index contributed by atoms with van der Waals surface area (Å²) in [5.41, 5.74) is 0.528. The van der Waals surface area contributed by atoms with Crippen LogP contribution >= 0.6 is 0 Å². The van der Waals surface area contributed by atoms with Gasteiger partial charge in [0.1, 0.15) is 0 Å². The lowest BCUT2D eigenvalue weighted by molar-refractivity contribution is 0.452. The number of nitrogens with zero attached hydrogens (tertiary/aromatic N) is 2. The number of hydrogen-bond donors (Lipinski definition) is 1. The predicted octanol–water partition coefficient (Wildman–Crippen LogP) is 1.93. The molecule has 0 unspecified atom stereocenters. The average molecular weight is 271 g/mol. The van der Waals surface area contributed by atoms with Gasteiger partial charge in [-0.25, -0.2) is 13.4 Å². The van der Waals surface area contributed by atoms with Crippen molar-refractivity contribution in [3.8, 4) is 0 Å². The Labute approximate surface area is 109 Å². The second kappa shape index (κ2) is 6.70. The average Bonchev–Trinajstić information content (AvgIpc) is 2.38. The SMILES string of the molecule is CCCCCN(C)S(=O)(=O)c1ncccc1NC. The van der Waals surface area contributed by atoms with Gasteiger partial charge in [0.05, 0.1) is 5.69 Å². The van der Waals surface area contributed by atoms with Crippen molar-refractivity contribution < 1.29 is 8.42 Å². The summed E-state index contributed by atoms with van der Waals surface area (Å²) in [6, 6.07) is 3.42. The molecule has 1 aromatic heterocycles. The topological polar surface area (TPSA) is 62.3 Å². The molecule has 5 nitrogen and oxygen atoms in total. The van der Waals surface area contributed by atoms with E-state index in [-0.39, 0.29) is 5.03 Å². The van der Waals surface area contributed by atoms with Crippen molar-refractivity contribution in [2.45, 2.75) is 31.2 Å². The molecule has 0 aromatic carbocycles. The van der Waals surface area contributed by atoms with Gasteiger partial charge >= 0.3 is 0 Å². The van der Waals surface area contributed by atoms with E-state index in [0.717, 1.165) is 19.3 Å². The van der Waals surface area contributed by atoms with Crippen LogP contribution in [-0.4, -0.2) is 38.3 Å². The van der Waals surface area contributed by atoms with E-state index in [1.54, 1.807) is 26.2 Å². The van der Waals surface area contributed by atoms with Crippen molar-refractivity contribution in [3.05, 3.63) is 18.3 Å². The van der Waals surface area contributed by atoms with Crippen LogP contribution in [-0.2, 0) is 10.0 Å². The number of aromatic nitrogens is 1. The zero-order valence-electron chi connectivity index (χ0n) is 11.2. The molecule has 0 amide bonds. The van der Waals surface area contributed by atoms with E-state index in [0.29, 0.717) is 12.2 Å². The van der Waals surface area contributed by atoms with Crippen molar-refractivity contribution in [2.24, 2.45) is 0 Å². The molecule has 0 atom stereocenters. The monoisotopic (exact) mass is 271 g/mol. The van der Waals surface area contributed by atoms with Crippen LogP contribution in [0.25, 0.3) is 0 Å². The summed E-state index contributed by atoms with van der Waals surface area (Å²) >= 11 is 0. The largest absolute Gasteiger partial charge is 0.386 e. The second-order valence-corrected chi connectivity index (χ2v) is 6.10. The van der Waals surface area contributed by atoms with E-state index in [4.69, 9.17) is 0 Å². The van der Waals surface area contributed by atoms with Crippen molar-refractivity contribution in [2.75, 3.05) is 26.0 Å². The van der Waals surface area contributed by atoms with Gasteiger partial charge in [0.25, 0.3) is 10.0 Å². The smallest absolute Gasteiger partial charge is 0.262 e. The highest BCUT2D eigenvalue weighted by Gasteiger charge is 2.24. The molecule has 0 bridgehead atoms. The minimum atomic E-state index is -3.50. The molecule has 0 aliphatic carbocycles. The maximum Gasteiger partial charge on any atom is 0.262 e. The van der Waals surface area contributed by atoms with Gasteiger partial charge in [-0.15, -0.1) is 0 Å². The maximum absolute atomic E-state index is 12.3. The highest BCUT2D eigenvalue weighted by molar-refractivity contribution is 7.89. The Kier molecular flexibility index (Phi) is 5.55. The number of nitrogens with one attached hydrogen (secondary N) is 1. The molecule has 1 aromatic rings. The van der Waals surface area contributed by atoms with Gasteiger partial charge in [0, 0.05) is 26.8 Å². The number of unbranched alkanes of at least 4 members (excludes halogenated alkanes) is 2. The fourth-order valence-corrected chi connectivity index (χ4v) is 2.95. The molecule has 102 valence electrons. The number of anilines is 1. The lowest BCUT2D eigenvalue weighted by atomic mass is 10.2. The van der Waals surface area contributed by atoms with E-state index in [9.17, 15) is 8.42 Å². The minimum Gasteiger partial charge on any atom is -0.386 e. The Morgan fingerprint density at radius 1 is 1.39 bits per heavy atom. The van der Waals surface area contributed by atoms with Crippen molar-refractivity contribution in [3.63, 3.8) is 0 Å². The number of pyridine rings is 1. The summed E-state index contributed by atoms with van der Waals surface area (Å²) in [7, 11) is -0.219. The Morgan fingerprint density at radius 2 is 2.11 bits per heavy atom. The predicted molar refractivity (Wildman–Crippen MR) is 73.1 cm³/mol. The fraction of sp³-hybridized carbons (Fsp3) is 0.583. The summed E-state index contributed by atoms with van der Waals surface area (Å²) in [6.45, 7) is 2.61. The van der Waals surface area contributed by atoms with E-state index >= 15 is 0 Å². The number of rotatable bonds is 7. The highest BCUT2D eigenvalue weighted by Crippen LogP contribution is 2.20. The van der Waals surface area contributed by atoms with Crippen molar-refractivity contribution in [1.29, 1.82) is 0 Å². The van der Waals surface area contributed by atoms with Gasteiger partial charge in [-0.2, -0.15) is 4.31 Å². The summed E-state index contributed by atoms with van der Waals surface area (Å²) < 4.78 is 26.0. The molecule has 0 radical (unpaired) electrons. The summed E-state index contributed by atoms with van der Waals surface area (Å²) in [4.78, 5) is 3.98. The van der Waals surface area contributed by atoms with Gasteiger partial charge in [-0.1, -0.05) is 19.8 Å². The quantitative estimate of drug-likeness (QED) is 0.770. The van der Waals surface area contributed by atoms with Crippen LogP contribution in [0.5, 0.6) is 0 Å². The van der Waals surface area contributed by atoms with Crippen LogP contribution in [0.2, 0.25) is 0 Å². The molecule has 18 heavy (non-hydrogen) atoms. The van der Waals surface area contributed by atoms with Gasteiger partial charge in [-0.3, -0.25) is 0 Å². The van der Waals surface area contributed by atoms with Gasteiger partial charge in [0.15, 0.2) is 5.03 Å². The fourth-order valence-electron chi connectivity index (χ4n) is 1.64. The molecule has 0 saturated heterocycles. The van der Waals surface area contributed by atoms with Crippen molar-refractivity contribution in [1.82, 2.24) is 9.29 Å². The normalized spacial score (nSPS) is 11.8. The third-order valence-electron chi connectivity index (χ3n) is 2.77. The van der Waals surface area contributed by atoms with Crippen LogP contribution < -0.4 is 5.32 Å². The highest BCUT2D eigenvalue weighted by atomic mass is 32.2. The van der Waals surface area contributed by atoms with E-state index < -0.39 is 10.0 Å². The molecule has 6 heteroatoms. The van der Waals surface area contributed by atoms with Crippen LogP contribution in [0.4, 0.5) is 5.69 Å². The number of hydrogen-bond acceptors (Lipinski definition) is 4. The zero-order chi connectivity index (χ0) is 13.6. The lowest BCUT2D eigenvalue weighted by Gasteiger charge is -2.18. The van der Waals surface area contributed by atoms with E-state index in [2.05, 4.69) is 17.2 Å². The molecule has 1 N–H and O–H groups in total. The summed E-state index contributed by atoms with van der Waals surface area (Å²) in [5, 5.41) is 2.94. The molecule has 0 saturated carbocycles. The van der Waals surface area contributed by atoms with E-state index in [1.807, 2.05) is 0 Å². The number of sulfonamides is 1. The molecular formula is C12H21N3O2S. The first-order valence-electron chi connectivity index (χ1n) is 6.13. The minimum absolute atomic E-state index is 0.0894. The zero-order valence-corrected chi connectivity index (χ0v) is 12.0. The summed E-state index contributed by atoms with van der Waals surface area (Å²) in [5.74, 6) is 0.